The molecule has 2 unspecified atom stereocenters. The Hall–Kier alpha value is -0.810. The fourth-order valence-electron chi connectivity index (χ4n) is 3.36. The van der Waals surface area contributed by atoms with Crippen molar-refractivity contribution < 1.29 is 4.74 Å². The minimum atomic E-state index is 0.469. The SMILES string of the molecule is CCNC(=NCC(C)N1CCOCC1C)N1CCC(C)CC1. The first kappa shape index (κ1) is 17.5. The number of morpholine rings is 1. The maximum Gasteiger partial charge on any atom is 0.193 e. The zero-order valence-electron chi connectivity index (χ0n) is 14.8. The highest BCUT2D eigenvalue weighted by atomic mass is 16.5. The highest BCUT2D eigenvalue weighted by Gasteiger charge is 2.24. The van der Waals surface area contributed by atoms with Gasteiger partial charge in [0.15, 0.2) is 5.96 Å². The Morgan fingerprint density at radius 2 is 2.00 bits per heavy atom. The van der Waals surface area contributed by atoms with Crippen molar-refractivity contribution in [2.45, 2.75) is 52.6 Å². The van der Waals surface area contributed by atoms with Crippen molar-refractivity contribution in [1.29, 1.82) is 0 Å². The lowest BCUT2D eigenvalue weighted by molar-refractivity contribution is -0.0166. The molecule has 128 valence electrons. The minimum Gasteiger partial charge on any atom is -0.379 e. The molecular formula is C17H34N4O. The van der Waals surface area contributed by atoms with Crippen LogP contribution in [0, 0.1) is 5.92 Å². The average molecular weight is 310 g/mol. The maximum absolute atomic E-state index is 5.53. The molecule has 2 atom stereocenters. The van der Waals surface area contributed by atoms with E-state index < -0.39 is 0 Å². The van der Waals surface area contributed by atoms with Crippen LogP contribution >= 0.6 is 0 Å². The predicted octanol–water partition coefficient (Wildman–Crippen LogP) is 1.79. The summed E-state index contributed by atoms with van der Waals surface area (Å²) in [5.41, 5.74) is 0. The van der Waals surface area contributed by atoms with Gasteiger partial charge in [0.25, 0.3) is 0 Å². The van der Waals surface area contributed by atoms with Crippen LogP contribution in [0.3, 0.4) is 0 Å². The Kier molecular flexibility index (Phi) is 6.96. The van der Waals surface area contributed by atoms with Gasteiger partial charge < -0.3 is 15.0 Å². The third-order valence-electron chi connectivity index (χ3n) is 4.91. The zero-order chi connectivity index (χ0) is 15.9. The average Bonchev–Trinajstić information content (AvgIpc) is 2.52. The summed E-state index contributed by atoms with van der Waals surface area (Å²) in [5, 5.41) is 3.47. The zero-order valence-corrected chi connectivity index (χ0v) is 14.8. The van der Waals surface area contributed by atoms with Gasteiger partial charge in [0.2, 0.25) is 0 Å². The van der Waals surface area contributed by atoms with Crippen LogP contribution in [0.4, 0.5) is 0 Å². The molecule has 0 saturated carbocycles. The Labute approximate surface area is 136 Å². The van der Waals surface area contributed by atoms with Crippen LogP contribution in [0.25, 0.3) is 0 Å². The Morgan fingerprint density at radius 1 is 1.27 bits per heavy atom. The second-order valence-electron chi connectivity index (χ2n) is 6.87. The first-order valence-electron chi connectivity index (χ1n) is 8.98. The topological polar surface area (TPSA) is 40.1 Å². The molecule has 22 heavy (non-hydrogen) atoms. The van der Waals surface area contributed by atoms with Crippen LogP contribution < -0.4 is 5.32 Å². The molecule has 0 aromatic carbocycles. The summed E-state index contributed by atoms with van der Waals surface area (Å²) in [7, 11) is 0. The van der Waals surface area contributed by atoms with E-state index in [1.807, 2.05) is 0 Å². The maximum atomic E-state index is 5.53. The molecule has 0 aromatic heterocycles. The first-order valence-corrected chi connectivity index (χ1v) is 8.98. The summed E-state index contributed by atoms with van der Waals surface area (Å²) in [6.07, 6.45) is 2.56. The van der Waals surface area contributed by atoms with Crippen LogP contribution in [0.15, 0.2) is 4.99 Å². The van der Waals surface area contributed by atoms with E-state index in [0.717, 1.165) is 57.8 Å². The number of hydrogen-bond acceptors (Lipinski definition) is 3. The normalized spacial score (nSPS) is 27.0. The van der Waals surface area contributed by atoms with E-state index in [4.69, 9.17) is 9.73 Å². The Balaban J connectivity index is 1.91. The van der Waals surface area contributed by atoms with Crippen LogP contribution in [0.5, 0.6) is 0 Å². The Bertz CT molecular complexity index is 353. The molecular weight excluding hydrogens is 276 g/mol. The number of hydrogen-bond donors (Lipinski definition) is 1. The van der Waals surface area contributed by atoms with Crippen molar-refractivity contribution in [3.63, 3.8) is 0 Å². The van der Waals surface area contributed by atoms with Gasteiger partial charge in [-0.3, -0.25) is 9.89 Å². The number of rotatable bonds is 4. The van der Waals surface area contributed by atoms with E-state index in [2.05, 4.69) is 42.8 Å². The molecule has 2 saturated heterocycles. The molecule has 0 aromatic rings. The van der Waals surface area contributed by atoms with E-state index >= 15 is 0 Å². The fraction of sp³-hybridized carbons (Fsp3) is 0.941. The molecule has 1 N–H and O–H groups in total. The molecule has 2 aliphatic rings. The predicted molar refractivity (Wildman–Crippen MR) is 92.4 cm³/mol. The number of aliphatic imine (C=N–C) groups is 1. The van der Waals surface area contributed by atoms with Crippen molar-refractivity contribution in [3.8, 4) is 0 Å². The van der Waals surface area contributed by atoms with Crippen LogP contribution in [0.1, 0.15) is 40.5 Å². The monoisotopic (exact) mass is 310 g/mol. The van der Waals surface area contributed by atoms with Gasteiger partial charge in [-0.1, -0.05) is 6.92 Å². The highest BCUT2D eigenvalue weighted by Crippen LogP contribution is 2.16. The van der Waals surface area contributed by atoms with Gasteiger partial charge >= 0.3 is 0 Å². The smallest absolute Gasteiger partial charge is 0.193 e. The van der Waals surface area contributed by atoms with Crippen LogP contribution in [-0.4, -0.2) is 73.8 Å². The van der Waals surface area contributed by atoms with Gasteiger partial charge in [0.1, 0.15) is 0 Å². The molecule has 0 spiro atoms. The minimum absolute atomic E-state index is 0.469. The summed E-state index contributed by atoms with van der Waals surface area (Å²) < 4.78 is 5.53. The highest BCUT2D eigenvalue weighted by molar-refractivity contribution is 5.80. The molecule has 5 heteroatoms. The number of guanidine groups is 1. The summed E-state index contributed by atoms with van der Waals surface area (Å²) in [4.78, 5) is 9.87. The quantitative estimate of drug-likeness (QED) is 0.635. The lowest BCUT2D eigenvalue weighted by Crippen LogP contribution is -2.50. The molecule has 2 heterocycles. The van der Waals surface area contributed by atoms with Gasteiger partial charge in [0.05, 0.1) is 19.8 Å². The van der Waals surface area contributed by atoms with E-state index in [1.165, 1.54) is 12.8 Å². The summed E-state index contributed by atoms with van der Waals surface area (Å²) in [6.45, 7) is 15.8. The molecule has 0 bridgehead atoms. The number of ether oxygens (including phenoxy) is 1. The lowest BCUT2D eigenvalue weighted by Gasteiger charge is -2.37. The van der Waals surface area contributed by atoms with Crippen molar-refractivity contribution in [2.75, 3.05) is 45.9 Å². The van der Waals surface area contributed by atoms with Gasteiger partial charge in [-0.15, -0.1) is 0 Å². The summed E-state index contributed by atoms with van der Waals surface area (Å²) in [5.74, 6) is 1.95. The summed E-state index contributed by atoms with van der Waals surface area (Å²) in [6, 6.07) is 0.966. The van der Waals surface area contributed by atoms with E-state index in [9.17, 15) is 0 Å². The number of likely N-dealkylation sites (tertiary alicyclic amines) is 1. The van der Waals surface area contributed by atoms with E-state index in [0.29, 0.717) is 12.1 Å². The molecule has 0 aliphatic carbocycles. The fourth-order valence-corrected chi connectivity index (χ4v) is 3.36. The van der Waals surface area contributed by atoms with Gasteiger partial charge in [-0.25, -0.2) is 0 Å². The van der Waals surface area contributed by atoms with Crippen molar-refractivity contribution in [2.24, 2.45) is 10.9 Å². The van der Waals surface area contributed by atoms with E-state index in [1.54, 1.807) is 0 Å². The number of piperidine rings is 1. The van der Waals surface area contributed by atoms with Crippen LogP contribution in [-0.2, 0) is 4.74 Å². The second kappa shape index (κ2) is 8.73. The van der Waals surface area contributed by atoms with Crippen molar-refractivity contribution in [3.05, 3.63) is 0 Å². The standard InChI is InChI=1S/C17H34N4O/c1-5-18-17(20-8-6-14(2)7-9-20)19-12-15(3)21-10-11-22-13-16(21)4/h14-16H,5-13H2,1-4H3,(H,18,19). The molecule has 0 radical (unpaired) electrons. The molecule has 2 fully saturated rings. The number of nitrogens with one attached hydrogen (secondary N) is 1. The lowest BCUT2D eigenvalue weighted by atomic mass is 10.00. The first-order chi connectivity index (χ1) is 10.6. The molecule has 2 aliphatic heterocycles. The molecule has 2 rings (SSSR count). The molecule has 5 nitrogen and oxygen atoms in total. The van der Waals surface area contributed by atoms with Crippen LogP contribution in [0.2, 0.25) is 0 Å². The third-order valence-corrected chi connectivity index (χ3v) is 4.91. The van der Waals surface area contributed by atoms with Gasteiger partial charge in [0, 0.05) is 38.3 Å². The summed E-state index contributed by atoms with van der Waals surface area (Å²) >= 11 is 0. The van der Waals surface area contributed by atoms with Crippen molar-refractivity contribution in [1.82, 2.24) is 15.1 Å². The Morgan fingerprint density at radius 3 is 2.64 bits per heavy atom. The second-order valence-corrected chi connectivity index (χ2v) is 6.87. The van der Waals surface area contributed by atoms with Gasteiger partial charge in [-0.2, -0.15) is 0 Å². The molecule has 0 amide bonds. The van der Waals surface area contributed by atoms with Gasteiger partial charge in [-0.05, 0) is 39.5 Å². The van der Waals surface area contributed by atoms with Crippen molar-refractivity contribution >= 4 is 5.96 Å². The largest absolute Gasteiger partial charge is 0.379 e. The third kappa shape index (κ3) is 4.85. The van der Waals surface area contributed by atoms with E-state index in [-0.39, 0.29) is 0 Å². The number of nitrogens with zero attached hydrogens (tertiary/aromatic N) is 3.